The van der Waals surface area contributed by atoms with Crippen molar-refractivity contribution in [1.82, 2.24) is 5.16 Å². The Morgan fingerprint density at radius 3 is 2.21 bits per heavy atom. The number of rotatable bonds is 7. The van der Waals surface area contributed by atoms with Gasteiger partial charge in [-0.2, -0.15) is 0 Å². The van der Waals surface area contributed by atoms with E-state index in [1.54, 1.807) is 31.2 Å². The molecular weight excluding hydrogens is 368 g/mol. The minimum atomic E-state index is -0.390. The second-order valence-electron chi connectivity index (χ2n) is 5.73. The number of carbonyl (C=O) groups excluding carboxylic acids is 1. The summed E-state index contributed by atoms with van der Waals surface area (Å²) >= 11 is 0. The number of anilines is 4. The second-order valence-corrected chi connectivity index (χ2v) is 5.73. The summed E-state index contributed by atoms with van der Waals surface area (Å²) in [6, 6.07) is 16.2. The summed E-state index contributed by atoms with van der Waals surface area (Å²) < 4.78 is 10.4. The molecular formula is C22H32N4O3. The number of urea groups is 1. The van der Waals surface area contributed by atoms with Crippen LogP contribution in [0.15, 0.2) is 71.8 Å². The van der Waals surface area contributed by atoms with Crippen LogP contribution in [0.2, 0.25) is 0 Å². The first-order valence-corrected chi connectivity index (χ1v) is 9.34. The van der Waals surface area contributed by atoms with E-state index < -0.39 is 0 Å². The molecule has 2 amide bonds. The minimum absolute atomic E-state index is 0. The summed E-state index contributed by atoms with van der Waals surface area (Å²) in [4.78, 5) is 11.9. The van der Waals surface area contributed by atoms with Gasteiger partial charge in [-0.3, -0.25) is 5.32 Å². The molecule has 1 aromatic heterocycles. The summed E-state index contributed by atoms with van der Waals surface area (Å²) in [5.74, 6) is 1.78. The van der Waals surface area contributed by atoms with Crippen LogP contribution in [-0.2, 0) is 0 Å². The zero-order chi connectivity index (χ0) is 21.1. The molecule has 0 fully saturated rings. The predicted octanol–water partition coefficient (Wildman–Crippen LogP) is 6.70. The molecule has 0 saturated carbocycles. The van der Waals surface area contributed by atoms with Crippen molar-refractivity contribution in [3.8, 4) is 5.75 Å². The van der Waals surface area contributed by atoms with E-state index >= 15 is 0 Å². The molecule has 7 nitrogen and oxygen atoms in total. The maximum Gasteiger partial charge on any atom is 0.324 e. The van der Waals surface area contributed by atoms with Crippen LogP contribution in [0.3, 0.4) is 0 Å². The van der Waals surface area contributed by atoms with Gasteiger partial charge in [-0.15, -0.1) is 0 Å². The van der Waals surface area contributed by atoms with Crippen LogP contribution < -0.4 is 20.7 Å². The maximum atomic E-state index is 11.9. The normalized spacial score (nSPS) is 9.62. The molecule has 0 aliphatic carbocycles. The van der Waals surface area contributed by atoms with Crippen molar-refractivity contribution in [3.05, 3.63) is 73.0 Å². The number of amides is 2. The molecule has 29 heavy (non-hydrogen) atoms. The number of aromatic nitrogens is 1. The number of hydrogen-bond acceptors (Lipinski definition) is 5. The van der Waals surface area contributed by atoms with Gasteiger partial charge in [0.2, 0.25) is 0 Å². The average Bonchev–Trinajstić information content (AvgIpc) is 3.15. The standard InChI is InChI=1S/C20H20N4O3.C2H6.3H2/c1-3-12-26-18-10-8-16(9-11-18)21-15-4-6-17(7-5-15)22-20(25)23-19-13-14(2)27-24-19;1-2;;;/h3-11,13,21H,1,12H2,2H3,(H2,22,23,24,25);1-2H3;3*1H. The van der Waals surface area contributed by atoms with Crippen molar-refractivity contribution in [2.45, 2.75) is 20.8 Å². The number of hydrogen-bond donors (Lipinski definition) is 3. The zero-order valence-corrected chi connectivity index (χ0v) is 16.9. The van der Waals surface area contributed by atoms with Gasteiger partial charge in [-0.1, -0.05) is 31.7 Å². The van der Waals surface area contributed by atoms with Gasteiger partial charge >= 0.3 is 6.03 Å². The summed E-state index contributed by atoms with van der Waals surface area (Å²) in [7, 11) is 0. The molecule has 0 unspecified atom stereocenters. The fourth-order valence-electron chi connectivity index (χ4n) is 2.30. The van der Waals surface area contributed by atoms with Crippen LogP contribution in [0, 0.1) is 6.92 Å². The SMILES string of the molecule is C=CCOc1ccc(Nc2ccc(NC(=O)Nc3cc(C)on3)cc2)cc1.CC.[HH].[HH].[HH]. The van der Waals surface area contributed by atoms with Crippen molar-refractivity contribution in [2.24, 2.45) is 0 Å². The highest BCUT2D eigenvalue weighted by atomic mass is 16.5. The Morgan fingerprint density at radius 2 is 1.66 bits per heavy atom. The molecule has 2 aromatic carbocycles. The lowest BCUT2D eigenvalue weighted by Gasteiger charge is -2.10. The molecule has 0 bridgehead atoms. The second kappa shape index (κ2) is 11.2. The van der Waals surface area contributed by atoms with Crippen molar-refractivity contribution >= 4 is 28.9 Å². The molecule has 158 valence electrons. The predicted molar refractivity (Wildman–Crippen MR) is 123 cm³/mol. The van der Waals surface area contributed by atoms with Crippen molar-refractivity contribution in [1.29, 1.82) is 0 Å². The summed E-state index contributed by atoms with van der Waals surface area (Å²) in [6.45, 7) is 9.85. The fraction of sp³-hybridized carbons (Fsp3) is 0.182. The maximum absolute atomic E-state index is 11.9. The van der Waals surface area contributed by atoms with Crippen molar-refractivity contribution in [2.75, 3.05) is 22.6 Å². The van der Waals surface area contributed by atoms with Crippen LogP contribution >= 0.6 is 0 Å². The lowest BCUT2D eigenvalue weighted by atomic mass is 10.2. The van der Waals surface area contributed by atoms with E-state index in [0.717, 1.165) is 17.1 Å². The number of carbonyl (C=O) groups is 1. The number of ether oxygens (including phenoxy) is 1. The van der Waals surface area contributed by atoms with Crippen LogP contribution in [0.5, 0.6) is 5.75 Å². The van der Waals surface area contributed by atoms with Gasteiger partial charge in [-0.05, 0) is 55.5 Å². The monoisotopic (exact) mass is 400 g/mol. The molecule has 3 rings (SSSR count). The molecule has 0 aliphatic rings. The zero-order valence-electron chi connectivity index (χ0n) is 16.9. The van der Waals surface area contributed by atoms with Crippen molar-refractivity contribution < 1.29 is 18.3 Å². The first-order chi connectivity index (χ1) is 14.1. The highest BCUT2D eigenvalue weighted by Crippen LogP contribution is 2.21. The third-order valence-electron chi connectivity index (χ3n) is 3.52. The first kappa shape index (κ1) is 21.6. The lowest BCUT2D eigenvalue weighted by Crippen LogP contribution is -2.19. The first-order valence-electron chi connectivity index (χ1n) is 9.34. The Hall–Kier alpha value is -3.74. The van der Waals surface area contributed by atoms with Crippen LogP contribution in [0.4, 0.5) is 27.7 Å². The Bertz CT molecular complexity index is 917. The number of benzene rings is 2. The highest BCUT2D eigenvalue weighted by molar-refractivity contribution is 5.99. The van der Waals surface area contributed by atoms with E-state index in [1.165, 1.54) is 0 Å². The average molecular weight is 401 g/mol. The number of aryl methyl sites for hydroxylation is 1. The quantitative estimate of drug-likeness (QED) is 0.384. The highest BCUT2D eigenvalue weighted by Gasteiger charge is 2.06. The number of nitrogens with zero attached hydrogens (tertiary/aromatic N) is 1. The minimum Gasteiger partial charge on any atom is -0.490 e. The molecule has 7 heteroatoms. The Morgan fingerprint density at radius 1 is 1.07 bits per heavy atom. The van der Waals surface area contributed by atoms with Gasteiger partial charge in [0.1, 0.15) is 18.1 Å². The summed E-state index contributed by atoms with van der Waals surface area (Å²) in [5, 5.41) is 12.3. The molecule has 1 heterocycles. The lowest BCUT2D eigenvalue weighted by molar-refractivity contribution is 0.262. The number of nitrogens with one attached hydrogen (secondary N) is 3. The smallest absolute Gasteiger partial charge is 0.324 e. The van der Waals surface area contributed by atoms with E-state index in [1.807, 2.05) is 50.2 Å². The Balaban J connectivity index is 0. The third kappa shape index (κ3) is 7.06. The largest absolute Gasteiger partial charge is 0.490 e. The van der Waals surface area contributed by atoms with E-state index in [2.05, 4.69) is 27.7 Å². The van der Waals surface area contributed by atoms with E-state index in [4.69, 9.17) is 9.26 Å². The topological polar surface area (TPSA) is 88.4 Å². The fourth-order valence-corrected chi connectivity index (χ4v) is 2.30. The van der Waals surface area contributed by atoms with Gasteiger partial charge in [0.05, 0.1) is 0 Å². The molecule has 0 spiro atoms. The van der Waals surface area contributed by atoms with Gasteiger partial charge in [0.25, 0.3) is 0 Å². The summed E-state index contributed by atoms with van der Waals surface area (Å²) in [6.07, 6.45) is 1.70. The van der Waals surface area contributed by atoms with Gasteiger partial charge in [-0.25, -0.2) is 4.79 Å². The van der Waals surface area contributed by atoms with Crippen LogP contribution in [-0.4, -0.2) is 17.8 Å². The third-order valence-corrected chi connectivity index (χ3v) is 3.52. The molecule has 0 atom stereocenters. The Labute approximate surface area is 175 Å². The molecule has 3 aromatic rings. The van der Waals surface area contributed by atoms with Crippen molar-refractivity contribution in [3.63, 3.8) is 0 Å². The summed E-state index contributed by atoms with van der Waals surface area (Å²) in [5.41, 5.74) is 2.49. The molecule has 0 aliphatic heterocycles. The van der Waals surface area contributed by atoms with Gasteiger partial charge in [0, 0.05) is 27.4 Å². The molecule has 0 radical (unpaired) electrons. The van der Waals surface area contributed by atoms with Crippen LogP contribution in [0.1, 0.15) is 23.9 Å². The van der Waals surface area contributed by atoms with Gasteiger partial charge in [0.15, 0.2) is 5.82 Å². The van der Waals surface area contributed by atoms with E-state index in [-0.39, 0.29) is 10.3 Å². The van der Waals surface area contributed by atoms with Crippen LogP contribution in [0.25, 0.3) is 0 Å². The molecule has 0 saturated heterocycles. The van der Waals surface area contributed by atoms with Gasteiger partial charge < -0.3 is 19.9 Å². The van der Waals surface area contributed by atoms with E-state index in [9.17, 15) is 4.79 Å². The van der Waals surface area contributed by atoms with E-state index in [0.29, 0.717) is 23.9 Å². The Kier molecular flexibility index (Phi) is 8.31. The molecule has 3 N–H and O–H groups in total.